The molecule has 6 nitrogen and oxygen atoms in total. The SMILES string of the molecule is COc1ccc(CCN2C[C@@H](C(=O)NCc3ccccc3)CC2=O)cc1OC. The van der Waals surface area contributed by atoms with Crippen molar-refractivity contribution in [3.63, 3.8) is 0 Å². The van der Waals surface area contributed by atoms with Crippen molar-refractivity contribution in [2.24, 2.45) is 5.92 Å². The van der Waals surface area contributed by atoms with E-state index in [4.69, 9.17) is 9.47 Å². The normalized spacial score (nSPS) is 16.1. The van der Waals surface area contributed by atoms with Crippen molar-refractivity contribution in [3.05, 3.63) is 59.7 Å². The third-order valence-electron chi connectivity index (χ3n) is 5.01. The second-order valence-corrected chi connectivity index (χ2v) is 6.88. The van der Waals surface area contributed by atoms with Crippen LogP contribution in [-0.2, 0) is 22.6 Å². The number of carbonyl (C=O) groups excluding carboxylic acids is 2. The predicted molar refractivity (Wildman–Crippen MR) is 106 cm³/mol. The Morgan fingerprint density at radius 2 is 1.82 bits per heavy atom. The van der Waals surface area contributed by atoms with Crippen LogP contribution in [0, 0.1) is 5.92 Å². The van der Waals surface area contributed by atoms with Crippen LogP contribution in [0.1, 0.15) is 17.5 Å². The zero-order valence-electron chi connectivity index (χ0n) is 16.3. The minimum Gasteiger partial charge on any atom is -0.493 e. The summed E-state index contributed by atoms with van der Waals surface area (Å²) in [4.78, 5) is 26.5. The van der Waals surface area contributed by atoms with Gasteiger partial charge in [-0.2, -0.15) is 0 Å². The predicted octanol–water partition coefficient (Wildman–Crippen LogP) is 2.41. The van der Waals surface area contributed by atoms with E-state index in [2.05, 4.69) is 5.32 Å². The number of nitrogens with one attached hydrogen (secondary N) is 1. The number of amides is 2. The van der Waals surface area contributed by atoms with E-state index in [1.54, 1.807) is 19.1 Å². The summed E-state index contributed by atoms with van der Waals surface area (Å²) in [5.41, 5.74) is 2.10. The zero-order valence-corrected chi connectivity index (χ0v) is 16.3. The Bertz CT molecular complexity index is 823. The average Bonchev–Trinajstić information content (AvgIpc) is 3.11. The molecule has 0 bridgehead atoms. The Kier molecular flexibility index (Phi) is 6.53. The van der Waals surface area contributed by atoms with E-state index in [1.165, 1.54) is 0 Å². The monoisotopic (exact) mass is 382 g/mol. The van der Waals surface area contributed by atoms with E-state index >= 15 is 0 Å². The molecule has 148 valence electrons. The van der Waals surface area contributed by atoms with E-state index in [1.807, 2.05) is 48.5 Å². The van der Waals surface area contributed by atoms with Crippen molar-refractivity contribution in [2.45, 2.75) is 19.4 Å². The number of hydrogen-bond acceptors (Lipinski definition) is 4. The fraction of sp³-hybridized carbons (Fsp3) is 0.364. The number of methoxy groups -OCH3 is 2. The van der Waals surface area contributed by atoms with Crippen LogP contribution in [0.4, 0.5) is 0 Å². The van der Waals surface area contributed by atoms with E-state index in [0.29, 0.717) is 37.6 Å². The van der Waals surface area contributed by atoms with Gasteiger partial charge >= 0.3 is 0 Å². The smallest absolute Gasteiger partial charge is 0.225 e. The van der Waals surface area contributed by atoms with E-state index < -0.39 is 0 Å². The number of hydrogen-bond donors (Lipinski definition) is 1. The minimum absolute atomic E-state index is 0.0281. The molecule has 2 aromatic carbocycles. The van der Waals surface area contributed by atoms with Gasteiger partial charge in [0.25, 0.3) is 0 Å². The molecular formula is C22H26N2O4. The molecule has 1 aliphatic heterocycles. The first-order valence-electron chi connectivity index (χ1n) is 9.41. The lowest BCUT2D eigenvalue weighted by Gasteiger charge is -2.17. The second-order valence-electron chi connectivity index (χ2n) is 6.88. The van der Waals surface area contributed by atoms with Crippen LogP contribution >= 0.6 is 0 Å². The standard InChI is InChI=1S/C22H26N2O4/c1-27-19-9-8-16(12-20(19)28-2)10-11-24-15-18(13-21(24)25)22(26)23-14-17-6-4-3-5-7-17/h3-9,12,18H,10-11,13-15H2,1-2H3,(H,23,26)/t18-/m0/s1. The molecule has 0 aromatic heterocycles. The van der Waals surface area contributed by atoms with Gasteiger partial charge < -0.3 is 19.7 Å². The molecule has 1 aliphatic rings. The van der Waals surface area contributed by atoms with E-state index in [0.717, 1.165) is 11.1 Å². The van der Waals surface area contributed by atoms with Gasteiger partial charge in [0.1, 0.15) is 0 Å². The summed E-state index contributed by atoms with van der Waals surface area (Å²) in [6.45, 7) is 1.53. The molecule has 1 N–H and O–H groups in total. The molecule has 28 heavy (non-hydrogen) atoms. The molecule has 0 radical (unpaired) electrons. The number of carbonyl (C=O) groups is 2. The fourth-order valence-electron chi connectivity index (χ4n) is 3.39. The topological polar surface area (TPSA) is 67.9 Å². The number of rotatable bonds is 8. The molecule has 2 amide bonds. The number of benzene rings is 2. The highest BCUT2D eigenvalue weighted by Gasteiger charge is 2.33. The van der Waals surface area contributed by atoms with Gasteiger partial charge in [-0.25, -0.2) is 0 Å². The molecule has 0 saturated carbocycles. The van der Waals surface area contributed by atoms with Crippen LogP contribution in [-0.4, -0.2) is 44.0 Å². The third-order valence-corrected chi connectivity index (χ3v) is 5.01. The largest absolute Gasteiger partial charge is 0.493 e. The summed E-state index contributed by atoms with van der Waals surface area (Å²) < 4.78 is 10.6. The molecular weight excluding hydrogens is 356 g/mol. The maximum absolute atomic E-state index is 12.4. The zero-order chi connectivity index (χ0) is 19.9. The highest BCUT2D eigenvalue weighted by molar-refractivity contribution is 5.89. The molecule has 6 heteroatoms. The van der Waals surface area contributed by atoms with Gasteiger partial charge in [0.2, 0.25) is 11.8 Å². The first kappa shape index (κ1) is 19.7. The van der Waals surface area contributed by atoms with Crippen molar-refractivity contribution < 1.29 is 19.1 Å². The Morgan fingerprint density at radius 3 is 2.54 bits per heavy atom. The quantitative estimate of drug-likeness (QED) is 0.761. The Balaban J connectivity index is 1.51. The molecule has 0 aliphatic carbocycles. The average molecular weight is 382 g/mol. The van der Waals surface area contributed by atoms with Gasteiger partial charge in [-0.1, -0.05) is 36.4 Å². The summed E-state index contributed by atoms with van der Waals surface area (Å²) in [6.07, 6.45) is 0.969. The Labute approximate surface area is 165 Å². The van der Waals surface area contributed by atoms with Crippen LogP contribution in [0.15, 0.2) is 48.5 Å². The lowest BCUT2D eigenvalue weighted by molar-refractivity contribution is -0.129. The van der Waals surface area contributed by atoms with Crippen molar-refractivity contribution in [1.82, 2.24) is 10.2 Å². The van der Waals surface area contributed by atoms with Crippen LogP contribution < -0.4 is 14.8 Å². The van der Waals surface area contributed by atoms with Gasteiger partial charge in [0, 0.05) is 26.1 Å². The summed E-state index contributed by atoms with van der Waals surface area (Å²) >= 11 is 0. The minimum atomic E-state index is -0.290. The van der Waals surface area contributed by atoms with Crippen LogP contribution in [0.25, 0.3) is 0 Å². The summed E-state index contributed by atoms with van der Waals surface area (Å²) in [7, 11) is 3.20. The van der Waals surface area contributed by atoms with Gasteiger partial charge in [-0.15, -0.1) is 0 Å². The summed E-state index contributed by atoms with van der Waals surface area (Å²) in [5, 5.41) is 2.94. The van der Waals surface area contributed by atoms with Crippen LogP contribution in [0.2, 0.25) is 0 Å². The molecule has 1 heterocycles. The lowest BCUT2D eigenvalue weighted by Crippen LogP contribution is -2.33. The second kappa shape index (κ2) is 9.26. The Morgan fingerprint density at radius 1 is 1.07 bits per heavy atom. The fourth-order valence-corrected chi connectivity index (χ4v) is 3.39. The van der Waals surface area contributed by atoms with Crippen molar-refractivity contribution >= 4 is 11.8 Å². The highest BCUT2D eigenvalue weighted by Crippen LogP contribution is 2.28. The number of ether oxygens (including phenoxy) is 2. The summed E-state index contributed by atoms with van der Waals surface area (Å²) in [5.74, 6) is 1.03. The van der Waals surface area contributed by atoms with Gasteiger partial charge in [0.05, 0.1) is 20.1 Å². The van der Waals surface area contributed by atoms with Gasteiger partial charge in [-0.3, -0.25) is 9.59 Å². The lowest BCUT2D eigenvalue weighted by atomic mass is 10.1. The van der Waals surface area contributed by atoms with Crippen LogP contribution in [0.3, 0.4) is 0 Å². The van der Waals surface area contributed by atoms with Gasteiger partial charge in [0.15, 0.2) is 11.5 Å². The third kappa shape index (κ3) is 4.82. The van der Waals surface area contributed by atoms with Gasteiger partial charge in [-0.05, 0) is 29.7 Å². The first-order chi connectivity index (χ1) is 13.6. The Hall–Kier alpha value is -3.02. The molecule has 3 rings (SSSR count). The van der Waals surface area contributed by atoms with E-state index in [9.17, 15) is 9.59 Å². The van der Waals surface area contributed by atoms with Crippen molar-refractivity contribution in [2.75, 3.05) is 27.3 Å². The number of nitrogens with zero attached hydrogens (tertiary/aromatic N) is 1. The molecule has 1 fully saturated rings. The molecule has 2 aromatic rings. The molecule has 0 unspecified atom stereocenters. The maximum Gasteiger partial charge on any atom is 0.225 e. The van der Waals surface area contributed by atoms with Crippen molar-refractivity contribution in [3.8, 4) is 11.5 Å². The summed E-state index contributed by atoms with van der Waals surface area (Å²) in [6, 6.07) is 15.5. The maximum atomic E-state index is 12.4. The molecule has 1 atom stereocenters. The van der Waals surface area contributed by atoms with Crippen LogP contribution in [0.5, 0.6) is 11.5 Å². The number of likely N-dealkylation sites (tertiary alicyclic amines) is 1. The molecule has 0 spiro atoms. The molecule has 1 saturated heterocycles. The first-order valence-corrected chi connectivity index (χ1v) is 9.41. The van der Waals surface area contributed by atoms with E-state index in [-0.39, 0.29) is 24.2 Å². The highest BCUT2D eigenvalue weighted by atomic mass is 16.5. The van der Waals surface area contributed by atoms with Crippen molar-refractivity contribution in [1.29, 1.82) is 0 Å².